The van der Waals surface area contributed by atoms with E-state index in [1.54, 1.807) is 0 Å². The van der Waals surface area contributed by atoms with Gasteiger partial charge in [-0.1, -0.05) is 13.8 Å². The molecule has 6 heteroatoms. The molecule has 5 unspecified atom stereocenters. The first-order chi connectivity index (χ1) is 14.8. The van der Waals surface area contributed by atoms with Gasteiger partial charge < -0.3 is 14.2 Å². The smallest absolute Gasteiger partial charge is 0.320 e. The van der Waals surface area contributed by atoms with Gasteiger partial charge in [0.05, 0.1) is 23.9 Å². The van der Waals surface area contributed by atoms with Gasteiger partial charge in [0.25, 0.3) is 0 Å². The molecule has 5 atom stereocenters. The number of cyclic esters (lactones) is 2. The molecule has 2 heterocycles. The van der Waals surface area contributed by atoms with Crippen LogP contribution in [0.15, 0.2) is 0 Å². The molecule has 4 saturated carbocycles. The Morgan fingerprint density at radius 2 is 1.74 bits per heavy atom. The molecule has 4 aliphatic carbocycles. The number of esters is 3. The van der Waals surface area contributed by atoms with E-state index in [2.05, 4.69) is 13.8 Å². The summed E-state index contributed by atoms with van der Waals surface area (Å²) in [5.41, 5.74) is -0.384. The van der Waals surface area contributed by atoms with Crippen molar-refractivity contribution in [2.75, 3.05) is 6.61 Å². The van der Waals surface area contributed by atoms with Gasteiger partial charge in [-0.25, -0.2) is 0 Å². The van der Waals surface area contributed by atoms with Crippen molar-refractivity contribution in [2.24, 2.45) is 47.3 Å². The van der Waals surface area contributed by atoms with Gasteiger partial charge in [-0.3, -0.25) is 14.4 Å². The molecule has 172 valence electrons. The largest absolute Gasteiger partial charge is 0.459 e. The predicted octanol–water partition coefficient (Wildman–Crippen LogP) is 3.90. The molecule has 6 nitrogen and oxygen atoms in total. The predicted molar refractivity (Wildman–Crippen MR) is 112 cm³/mol. The Labute approximate surface area is 184 Å². The molecule has 0 aromatic heterocycles. The summed E-state index contributed by atoms with van der Waals surface area (Å²) in [5, 5.41) is 0. The summed E-state index contributed by atoms with van der Waals surface area (Å²) >= 11 is 0. The number of carbonyl (C=O) groups is 3. The SMILES string of the molecule is CC(CC1C(=O)OC(=O)C1C1OCCCC1C)C(=O)OC1(C)C2CC3CC(C2)CC1C3. The van der Waals surface area contributed by atoms with Crippen LogP contribution < -0.4 is 0 Å². The Morgan fingerprint density at radius 1 is 1.10 bits per heavy atom. The van der Waals surface area contributed by atoms with E-state index in [0.29, 0.717) is 18.4 Å². The molecule has 0 N–H and O–H groups in total. The maximum atomic E-state index is 13.2. The van der Waals surface area contributed by atoms with Gasteiger partial charge in [0.15, 0.2) is 0 Å². The molecule has 0 radical (unpaired) electrons. The summed E-state index contributed by atoms with van der Waals surface area (Å²) < 4.78 is 17.1. The summed E-state index contributed by atoms with van der Waals surface area (Å²) in [6, 6.07) is 0. The first-order valence-electron chi connectivity index (χ1n) is 12.4. The van der Waals surface area contributed by atoms with Gasteiger partial charge in [-0.05, 0) is 87.9 Å². The zero-order chi connectivity index (χ0) is 21.9. The van der Waals surface area contributed by atoms with Crippen molar-refractivity contribution in [1.29, 1.82) is 0 Å². The lowest BCUT2D eigenvalue weighted by Crippen LogP contribution is -2.58. The molecule has 0 amide bonds. The maximum absolute atomic E-state index is 13.2. The Morgan fingerprint density at radius 3 is 2.35 bits per heavy atom. The third-order valence-corrected chi connectivity index (χ3v) is 9.33. The van der Waals surface area contributed by atoms with Crippen LogP contribution in [0, 0.1) is 47.3 Å². The molecular formula is C25H36O6. The van der Waals surface area contributed by atoms with Crippen LogP contribution in [0.4, 0.5) is 0 Å². The lowest BCUT2D eigenvalue weighted by atomic mass is 9.50. The molecule has 6 rings (SSSR count). The highest BCUT2D eigenvalue weighted by Gasteiger charge is 2.57. The van der Waals surface area contributed by atoms with Crippen molar-refractivity contribution in [3.05, 3.63) is 0 Å². The van der Waals surface area contributed by atoms with Crippen molar-refractivity contribution < 1.29 is 28.6 Å². The second-order valence-electron chi connectivity index (χ2n) is 11.4. The van der Waals surface area contributed by atoms with Gasteiger partial charge in [0, 0.05) is 6.61 Å². The van der Waals surface area contributed by atoms with Gasteiger partial charge in [0.2, 0.25) is 0 Å². The first kappa shape index (κ1) is 21.4. The van der Waals surface area contributed by atoms with Gasteiger partial charge >= 0.3 is 17.9 Å². The Kier molecular flexibility index (Phi) is 5.43. The summed E-state index contributed by atoms with van der Waals surface area (Å²) in [6.45, 7) is 6.61. The van der Waals surface area contributed by atoms with E-state index in [1.807, 2.05) is 6.92 Å². The van der Waals surface area contributed by atoms with Crippen LogP contribution in [-0.2, 0) is 28.6 Å². The fourth-order valence-corrected chi connectivity index (χ4v) is 7.65. The third kappa shape index (κ3) is 3.63. The minimum atomic E-state index is -0.632. The molecule has 0 aromatic rings. The van der Waals surface area contributed by atoms with E-state index in [9.17, 15) is 14.4 Å². The number of rotatable bonds is 5. The lowest BCUT2D eigenvalue weighted by Gasteiger charge is -2.59. The molecule has 0 spiro atoms. The highest BCUT2D eigenvalue weighted by molar-refractivity contribution is 5.97. The molecule has 6 aliphatic rings. The Balaban J connectivity index is 1.26. The highest BCUT2D eigenvalue weighted by atomic mass is 16.6. The van der Waals surface area contributed by atoms with Gasteiger partial charge in [0.1, 0.15) is 5.60 Å². The van der Waals surface area contributed by atoms with Crippen LogP contribution in [0.25, 0.3) is 0 Å². The summed E-state index contributed by atoms with van der Waals surface area (Å²) in [7, 11) is 0. The van der Waals surface area contributed by atoms with Crippen LogP contribution in [-0.4, -0.2) is 36.2 Å². The average Bonchev–Trinajstić information content (AvgIpc) is 2.99. The second-order valence-corrected chi connectivity index (χ2v) is 11.4. The van der Waals surface area contributed by atoms with E-state index < -0.39 is 29.7 Å². The third-order valence-electron chi connectivity index (χ3n) is 9.33. The van der Waals surface area contributed by atoms with Crippen molar-refractivity contribution >= 4 is 17.9 Å². The Bertz CT molecular complexity index is 731. The van der Waals surface area contributed by atoms with E-state index in [1.165, 1.54) is 32.1 Å². The maximum Gasteiger partial charge on any atom is 0.320 e. The summed E-state index contributed by atoms with van der Waals surface area (Å²) in [5.74, 6) is -0.232. The standard InChI is InChI=1S/C25H36O6/c1-13-5-4-6-29-21(13)20-19(23(27)30-24(20)28)7-14(2)22(26)31-25(3)17-9-15-8-16(11-17)12-18(25)10-15/h13-21H,4-12H2,1-3H3. The van der Waals surface area contributed by atoms with E-state index >= 15 is 0 Å². The van der Waals surface area contributed by atoms with E-state index in [-0.39, 0.29) is 30.0 Å². The zero-order valence-electron chi connectivity index (χ0n) is 19.0. The normalized spacial score (nSPS) is 47.3. The van der Waals surface area contributed by atoms with Crippen LogP contribution in [0.3, 0.4) is 0 Å². The fourth-order valence-electron chi connectivity index (χ4n) is 7.65. The molecule has 2 saturated heterocycles. The molecule has 6 fully saturated rings. The number of hydrogen-bond donors (Lipinski definition) is 0. The lowest BCUT2D eigenvalue weighted by molar-refractivity contribution is -0.207. The van der Waals surface area contributed by atoms with Crippen LogP contribution in [0.5, 0.6) is 0 Å². The van der Waals surface area contributed by atoms with E-state index in [4.69, 9.17) is 14.2 Å². The minimum absolute atomic E-state index is 0.189. The second kappa shape index (κ2) is 7.86. The molecular weight excluding hydrogens is 396 g/mol. The van der Waals surface area contributed by atoms with Crippen molar-refractivity contribution in [3.63, 3.8) is 0 Å². The van der Waals surface area contributed by atoms with Crippen LogP contribution >= 0.6 is 0 Å². The minimum Gasteiger partial charge on any atom is -0.459 e. The molecule has 31 heavy (non-hydrogen) atoms. The molecule has 2 aliphatic heterocycles. The summed E-state index contributed by atoms with van der Waals surface area (Å²) in [6.07, 6.45) is 7.94. The highest BCUT2D eigenvalue weighted by Crippen LogP contribution is 2.59. The van der Waals surface area contributed by atoms with Crippen molar-refractivity contribution in [3.8, 4) is 0 Å². The molecule has 4 bridgehead atoms. The fraction of sp³-hybridized carbons (Fsp3) is 0.880. The zero-order valence-corrected chi connectivity index (χ0v) is 19.0. The van der Waals surface area contributed by atoms with Crippen LogP contribution in [0.2, 0.25) is 0 Å². The van der Waals surface area contributed by atoms with Gasteiger partial charge in [-0.2, -0.15) is 0 Å². The molecule has 0 aromatic carbocycles. The first-order valence-corrected chi connectivity index (χ1v) is 12.4. The van der Waals surface area contributed by atoms with Gasteiger partial charge in [-0.15, -0.1) is 0 Å². The number of hydrogen-bond acceptors (Lipinski definition) is 6. The van der Waals surface area contributed by atoms with Crippen LogP contribution in [0.1, 0.15) is 72.1 Å². The number of ether oxygens (including phenoxy) is 3. The topological polar surface area (TPSA) is 78.9 Å². The average molecular weight is 433 g/mol. The quantitative estimate of drug-likeness (QED) is 0.484. The van der Waals surface area contributed by atoms with Crippen molar-refractivity contribution in [1.82, 2.24) is 0 Å². The van der Waals surface area contributed by atoms with E-state index in [0.717, 1.165) is 24.7 Å². The summed E-state index contributed by atoms with van der Waals surface area (Å²) in [4.78, 5) is 38.2. The Hall–Kier alpha value is -1.43. The monoisotopic (exact) mass is 432 g/mol. The number of carbonyl (C=O) groups excluding carboxylic acids is 3. The van der Waals surface area contributed by atoms with Crippen molar-refractivity contribution in [2.45, 2.75) is 83.8 Å².